The van der Waals surface area contributed by atoms with Crippen LogP contribution < -0.4 is 5.73 Å². The van der Waals surface area contributed by atoms with Gasteiger partial charge in [-0.2, -0.15) is 5.10 Å². The van der Waals surface area contributed by atoms with Crippen molar-refractivity contribution >= 4 is 11.6 Å². The maximum Gasteiger partial charge on any atom is 0.129 e. The van der Waals surface area contributed by atoms with Gasteiger partial charge in [-0.3, -0.25) is 4.68 Å². The van der Waals surface area contributed by atoms with Crippen molar-refractivity contribution in [2.45, 2.75) is 69.7 Å². The Labute approximate surface area is 165 Å². The Kier molecular flexibility index (Phi) is 4.10. The predicted octanol–water partition coefficient (Wildman–Crippen LogP) is 4.08. The lowest BCUT2D eigenvalue weighted by Gasteiger charge is -2.51. The van der Waals surface area contributed by atoms with Gasteiger partial charge in [0.25, 0.3) is 0 Å². The summed E-state index contributed by atoms with van der Waals surface area (Å²) >= 11 is 6.52. The molecule has 2 heterocycles. The van der Waals surface area contributed by atoms with Gasteiger partial charge in [0.1, 0.15) is 5.82 Å². The van der Waals surface area contributed by atoms with Crippen LogP contribution in [-0.2, 0) is 19.9 Å². The molecule has 144 valence electrons. The smallest absolute Gasteiger partial charge is 0.129 e. The second-order valence-electron chi connectivity index (χ2n) is 9.30. The molecule has 5 nitrogen and oxygen atoms in total. The maximum absolute atomic E-state index is 6.52. The standard InChI is InChI=1S/C21H28ClN5/c1-27-17(10-14-2-3-14)15(12-25-27)19-16(22)13-24-18(26-19)11-20-4-7-21(23,8-5-20)9-6-20/h12-14H,2-11,23H2,1H3. The molecule has 6 rings (SSSR count). The molecular formula is C21H28ClN5. The van der Waals surface area contributed by atoms with Crippen LogP contribution in [0.1, 0.15) is 62.9 Å². The fourth-order valence-corrected chi connectivity index (χ4v) is 5.26. The highest BCUT2D eigenvalue weighted by Gasteiger charge is 2.46. The van der Waals surface area contributed by atoms with Gasteiger partial charge in [0.15, 0.2) is 0 Å². The van der Waals surface area contributed by atoms with E-state index >= 15 is 0 Å². The number of aromatic nitrogens is 4. The molecular weight excluding hydrogens is 358 g/mol. The first-order valence-corrected chi connectivity index (χ1v) is 10.6. The summed E-state index contributed by atoms with van der Waals surface area (Å²) in [6.45, 7) is 0. The Morgan fingerprint density at radius 1 is 1.15 bits per heavy atom. The number of aryl methyl sites for hydroxylation is 1. The second kappa shape index (κ2) is 6.28. The van der Waals surface area contributed by atoms with Crippen LogP contribution in [0.15, 0.2) is 12.4 Å². The lowest BCUT2D eigenvalue weighted by Crippen LogP contribution is -2.52. The summed E-state index contributed by atoms with van der Waals surface area (Å²) in [5, 5.41) is 5.11. The van der Waals surface area contributed by atoms with E-state index < -0.39 is 0 Å². The van der Waals surface area contributed by atoms with Crippen molar-refractivity contribution in [2.24, 2.45) is 24.1 Å². The molecule has 4 aliphatic carbocycles. The molecule has 2 bridgehead atoms. The van der Waals surface area contributed by atoms with E-state index in [2.05, 4.69) is 10.1 Å². The molecule has 0 aromatic carbocycles. The van der Waals surface area contributed by atoms with Gasteiger partial charge >= 0.3 is 0 Å². The van der Waals surface area contributed by atoms with Crippen LogP contribution >= 0.6 is 11.6 Å². The van der Waals surface area contributed by atoms with Crippen LogP contribution in [0.2, 0.25) is 5.02 Å². The number of halogens is 1. The molecule has 2 aromatic heterocycles. The molecule has 4 saturated carbocycles. The Balaban J connectivity index is 1.44. The quantitative estimate of drug-likeness (QED) is 0.841. The van der Waals surface area contributed by atoms with Crippen molar-refractivity contribution < 1.29 is 0 Å². The Morgan fingerprint density at radius 3 is 2.52 bits per heavy atom. The molecule has 0 unspecified atom stereocenters. The molecule has 6 heteroatoms. The van der Waals surface area contributed by atoms with E-state index in [1.807, 2.05) is 17.9 Å². The lowest BCUT2D eigenvalue weighted by molar-refractivity contribution is 0.0433. The van der Waals surface area contributed by atoms with E-state index in [0.29, 0.717) is 10.4 Å². The molecule has 2 N–H and O–H groups in total. The van der Waals surface area contributed by atoms with E-state index in [-0.39, 0.29) is 5.54 Å². The summed E-state index contributed by atoms with van der Waals surface area (Å²) in [5.41, 5.74) is 10.1. The van der Waals surface area contributed by atoms with Crippen LogP contribution in [-0.4, -0.2) is 25.3 Å². The molecule has 0 spiro atoms. The van der Waals surface area contributed by atoms with Gasteiger partial charge in [0, 0.05) is 36.5 Å². The van der Waals surface area contributed by atoms with Crippen LogP contribution in [0, 0.1) is 11.3 Å². The minimum atomic E-state index is 0.0984. The SMILES string of the molecule is Cn1ncc(-c2nc(CC34CCC(N)(CC3)CC4)ncc2Cl)c1CC1CC1. The second-order valence-corrected chi connectivity index (χ2v) is 9.71. The fourth-order valence-electron chi connectivity index (χ4n) is 5.07. The third-order valence-electron chi connectivity index (χ3n) is 7.28. The van der Waals surface area contributed by atoms with E-state index in [4.69, 9.17) is 22.3 Å². The zero-order valence-electron chi connectivity index (χ0n) is 16.0. The first-order chi connectivity index (χ1) is 13.0. The highest BCUT2D eigenvalue weighted by molar-refractivity contribution is 6.32. The molecule has 0 atom stereocenters. The van der Waals surface area contributed by atoms with Gasteiger partial charge in [-0.25, -0.2) is 9.97 Å². The molecule has 0 amide bonds. The predicted molar refractivity (Wildman–Crippen MR) is 106 cm³/mol. The molecule has 4 aliphatic rings. The molecule has 2 aromatic rings. The molecule has 27 heavy (non-hydrogen) atoms. The average molecular weight is 386 g/mol. The first-order valence-electron chi connectivity index (χ1n) is 10.3. The molecule has 0 aliphatic heterocycles. The summed E-state index contributed by atoms with van der Waals surface area (Å²) in [5.74, 6) is 1.71. The van der Waals surface area contributed by atoms with Crippen molar-refractivity contribution in [2.75, 3.05) is 0 Å². The van der Waals surface area contributed by atoms with E-state index in [9.17, 15) is 0 Å². The number of fused-ring (bicyclic) bond motifs is 3. The monoisotopic (exact) mass is 385 g/mol. The van der Waals surface area contributed by atoms with Crippen molar-refractivity contribution in [1.82, 2.24) is 19.7 Å². The van der Waals surface area contributed by atoms with Crippen molar-refractivity contribution in [3.05, 3.63) is 28.9 Å². The molecule has 0 radical (unpaired) electrons. The van der Waals surface area contributed by atoms with Gasteiger partial charge in [-0.05, 0) is 69.1 Å². The third kappa shape index (κ3) is 3.29. The largest absolute Gasteiger partial charge is 0.325 e. The average Bonchev–Trinajstić information content (AvgIpc) is 3.41. The zero-order valence-corrected chi connectivity index (χ0v) is 16.8. The van der Waals surface area contributed by atoms with Crippen LogP contribution in [0.3, 0.4) is 0 Å². The number of nitrogens with two attached hydrogens (primary N) is 1. The summed E-state index contributed by atoms with van der Waals surface area (Å²) in [6, 6.07) is 0. The zero-order chi connectivity index (χ0) is 18.6. The van der Waals surface area contributed by atoms with E-state index in [1.165, 1.54) is 37.8 Å². The van der Waals surface area contributed by atoms with Crippen molar-refractivity contribution in [3.63, 3.8) is 0 Å². The van der Waals surface area contributed by atoms with Gasteiger partial charge in [0.05, 0.1) is 16.9 Å². The number of hydrogen-bond donors (Lipinski definition) is 1. The van der Waals surface area contributed by atoms with Crippen LogP contribution in [0.5, 0.6) is 0 Å². The topological polar surface area (TPSA) is 69.6 Å². The number of rotatable bonds is 5. The molecule has 0 saturated heterocycles. The summed E-state index contributed by atoms with van der Waals surface area (Å²) < 4.78 is 1.98. The minimum absolute atomic E-state index is 0.0984. The first kappa shape index (κ1) is 17.6. The summed E-state index contributed by atoms with van der Waals surface area (Å²) in [4.78, 5) is 9.53. The van der Waals surface area contributed by atoms with E-state index in [0.717, 1.165) is 55.1 Å². The van der Waals surface area contributed by atoms with Gasteiger partial charge in [-0.15, -0.1) is 0 Å². The Hall–Kier alpha value is -1.46. The highest BCUT2D eigenvalue weighted by Crippen LogP contribution is 2.52. The number of nitrogens with zero attached hydrogens (tertiary/aromatic N) is 4. The van der Waals surface area contributed by atoms with Crippen molar-refractivity contribution in [1.29, 1.82) is 0 Å². The van der Waals surface area contributed by atoms with Gasteiger partial charge in [-0.1, -0.05) is 11.6 Å². The Morgan fingerprint density at radius 2 is 1.85 bits per heavy atom. The highest BCUT2D eigenvalue weighted by atomic mass is 35.5. The van der Waals surface area contributed by atoms with Crippen LogP contribution in [0.25, 0.3) is 11.3 Å². The van der Waals surface area contributed by atoms with E-state index in [1.54, 1.807) is 6.20 Å². The maximum atomic E-state index is 6.52. The fraction of sp³-hybridized carbons (Fsp3) is 0.667. The summed E-state index contributed by atoms with van der Waals surface area (Å²) in [6.07, 6.45) is 15.3. The van der Waals surface area contributed by atoms with Crippen molar-refractivity contribution in [3.8, 4) is 11.3 Å². The number of hydrogen-bond acceptors (Lipinski definition) is 4. The van der Waals surface area contributed by atoms with Gasteiger partial charge in [0.2, 0.25) is 0 Å². The summed E-state index contributed by atoms with van der Waals surface area (Å²) in [7, 11) is 2.01. The Bertz CT molecular complexity index is 845. The van der Waals surface area contributed by atoms with Crippen LogP contribution in [0.4, 0.5) is 0 Å². The lowest BCUT2D eigenvalue weighted by atomic mass is 9.56. The normalized spacial score (nSPS) is 30.0. The van der Waals surface area contributed by atoms with Gasteiger partial charge < -0.3 is 5.73 Å². The third-order valence-corrected chi connectivity index (χ3v) is 7.56. The molecule has 4 fully saturated rings. The minimum Gasteiger partial charge on any atom is -0.325 e.